The quantitative estimate of drug-likeness (QED) is 0.387. The Kier molecular flexibility index (Phi) is 6.03. The van der Waals surface area contributed by atoms with Gasteiger partial charge in [0.1, 0.15) is 6.61 Å². The van der Waals surface area contributed by atoms with E-state index < -0.39 is 25.0 Å². The van der Waals surface area contributed by atoms with Gasteiger partial charge in [-0.15, -0.1) is 0 Å². The van der Waals surface area contributed by atoms with Gasteiger partial charge in [0.05, 0.1) is 13.7 Å². The van der Waals surface area contributed by atoms with Crippen LogP contribution in [0.15, 0.2) is 11.6 Å². The number of rotatable bonds is 6. The lowest BCUT2D eigenvalue weighted by Crippen LogP contribution is -2.35. The molecule has 0 radical (unpaired) electrons. The van der Waals surface area contributed by atoms with E-state index in [2.05, 4.69) is 10.1 Å². The molecule has 0 heterocycles. The number of aliphatic hydroxyl groups is 1. The van der Waals surface area contributed by atoms with Crippen LogP contribution >= 0.6 is 0 Å². The van der Waals surface area contributed by atoms with Crippen LogP contribution in [0.5, 0.6) is 0 Å². The fourth-order valence-electron chi connectivity index (χ4n) is 0.781. The molecule has 0 saturated heterocycles. The molecule has 0 aliphatic rings. The molecule has 0 saturated carbocycles. The minimum atomic E-state index is -3.13. The molecule has 0 aromatic rings. The maximum absolute atomic E-state index is 12.5. The lowest BCUT2D eigenvalue weighted by Gasteiger charge is -2.12. The minimum Gasteiger partial charge on any atom is -0.466 e. The van der Waals surface area contributed by atoms with Crippen LogP contribution in [0.3, 0.4) is 0 Å². The molecule has 0 aliphatic heterocycles. The Morgan fingerprint density at radius 1 is 1.60 bits per heavy atom. The van der Waals surface area contributed by atoms with Crippen molar-refractivity contribution in [2.75, 3.05) is 26.8 Å². The van der Waals surface area contributed by atoms with Gasteiger partial charge >= 0.3 is 5.97 Å². The van der Waals surface area contributed by atoms with E-state index in [4.69, 9.17) is 5.11 Å². The van der Waals surface area contributed by atoms with Gasteiger partial charge in [-0.1, -0.05) is 6.08 Å². The van der Waals surface area contributed by atoms with Crippen LogP contribution in [0.1, 0.15) is 6.92 Å². The molecule has 0 unspecified atom stereocenters. The molecule has 0 bridgehead atoms. The highest BCUT2D eigenvalue weighted by Gasteiger charge is 2.26. The Morgan fingerprint density at radius 2 is 2.20 bits per heavy atom. The molecule has 6 heteroatoms. The van der Waals surface area contributed by atoms with E-state index >= 15 is 0 Å². The fourth-order valence-corrected chi connectivity index (χ4v) is 0.781. The number of ether oxygens (including phenoxy) is 1. The second-order valence-corrected chi connectivity index (χ2v) is 3.02. The number of esters is 1. The van der Waals surface area contributed by atoms with E-state index in [0.717, 1.165) is 0 Å². The molecule has 2 N–H and O–H groups in total. The third-order valence-corrected chi connectivity index (χ3v) is 1.67. The number of methoxy groups -OCH3 is 1. The van der Waals surface area contributed by atoms with Crippen molar-refractivity contribution in [3.63, 3.8) is 0 Å². The van der Waals surface area contributed by atoms with Crippen molar-refractivity contribution in [3.8, 4) is 0 Å². The van der Waals surface area contributed by atoms with Crippen LogP contribution in [-0.4, -0.2) is 43.8 Å². The van der Waals surface area contributed by atoms with Crippen molar-refractivity contribution in [2.45, 2.75) is 12.8 Å². The molecule has 0 aliphatic carbocycles. The number of aliphatic hydroxyl groups excluding tert-OH is 1. The molecular weight excluding hydrogens is 208 g/mol. The SMILES string of the molecule is COC(=O)C(C)=CCNCC(F)(F)CO. The fraction of sp³-hybridized carbons (Fsp3) is 0.667. The third kappa shape index (κ3) is 6.14. The number of halogens is 2. The Balaban J connectivity index is 3.84. The number of alkyl halides is 2. The maximum Gasteiger partial charge on any atom is 0.333 e. The molecule has 0 amide bonds. The molecular formula is C9H15F2NO3. The molecule has 0 atom stereocenters. The third-order valence-electron chi connectivity index (χ3n) is 1.67. The highest BCUT2D eigenvalue weighted by molar-refractivity contribution is 5.87. The summed E-state index contributed by atoms with van der Waals surface area (Å²) in [6.45, 7) is -0.178. The van der Waals surface area contributed by atoms with Gasteiger partial charge in [-0.05, 0) is 6.92 Å². The summed E-state index contributed by atoms with van der Waals surface area (Å²) >= 11 is 0. The number of carbonyl (C=O) groups is 1. The summed E-state index contributed by atoms with van der Waals surface area (Å²) in [5.41, 5.74) is 0.345. The molecule has 0 aromatic carbocycles. The Morgan fingerprint density at radius 3 is 2.67 bits per heavy atom. The molecule has 4 nitrogen and oxygen atoms in total. The first kappa shape index (κ1) is 14.0. The van der Waals surface area contributed by atoms with Gasteiger partial charge in [-0.3, -0.25) is 0 Å². The van der Waals surface area contributed by atoms with Crippen molar-refractivity contribution in [2.24, 2.45) is 0 Å². The van der Waals surface area contributed by atoms with Gasteiger partial charge < -0.3 is 15.2 Å². The summed E-state index contributed by atoms with van der Waals surface area (Å²) in [5.74, 6) is -3.63. The summed E-state index contributed by atoms with van der Waals surface area (Å²) in [4.78, 5) is 10.9. The van der Waals surface area contributed by atoms with E-state index in [9.17, 15) is 13.6 Å². The van der Waals surface area contributed by atoms with Crippen molar-refractivity contribution >= 4 is 5.97 Å². The van der Waals surface area contributed by atoms with E-state index in [0.29, 0.717) is 5.57 Å². The first-order chi connectivity index (χ1) is 6.93. The zero-order chi connectivity index (χ0) is 11.9. The molecule has 0 fully saturated rings. The van der Waals surface area contributed by atoms with Crippen molar-refractivity contribution in [3.05, 3.63) is 11.6 Å². The van der Waals surface area contributed by atoms with Gasteiger partial charge in [-0.2, -0.15) is 0 Å². The predicted octanol–water partition coefficient (Wildman–Crippen LogP) is 0.323. The zero-order valence-electron chi connectivity index (χ0n) is 8.72. The second kappa shape index (κ2) is 6.47. The topological polar surface area (TPSA) is 58.6 Å². The normalized spacial score (nSPS) is 12.7. The van der Waals surface area contributed by atoms with Crippen molar-refractivity contribution < 1.29 is 23.4 Å². The lowest BCUT2D eigenvalue weighted by molar-refractivity contribution is -0.136. The van der Waals surface area contributed by atoms with E-state index in [1.807, 2.05) is 0 Å². The summed E-state index contributed by atoms with van der Waals surface area (Å²) in [7, 11) is 1.24. The summed E-state index contributed by atoms with van der Waals surface area (Å²) in [6, 6.07) is 0. The number of hydrogen-bond acceptors (Lipinski definition) is 4. The summed E-state index contributed by atoms with van der Waals surface area (Å²) in [6.07, 6.45) is 1.44. The largest absolute Gasteiger partial charge is 0.466 e. The predicted molar refractivity (Wildman–Crippen MR) is 50.7 cm³/mol. The van der Waals surface area contributed by atoms with Gasteiger partial charge in [0.15, 0.2) is 0 Å². The summed E-state index contributed by atoms with van der Waals surface area (Å²) < 4.78 is 29.4. The van der Waals surface area contributed by atoms with Crippen LogP contribution in [-0.2, 0) is 9.53 Å². The summed E-state index contributed by atoms with van der Waals surface area (Å²) in [5, 5.41) is 10.6. The number of nitrogens with one attached hydrogen (secondary N) is 1. The zero-order valence-corrected chi connectivity index (χ0v) is 8.72. The van der Waals surface area contributed by atoms with Crippen LogP contribution < -0.4 is 5.32 Å². The second-order valence-electron chi connectivity index (χ2n) is 3.02. The van der Waals surface area contributed by atoms with Gasteiger partial charge in [0.25, 0.3) is 5.92 Å². The average Bonchev–Trinajstić information content (AvgIpc) is 2.22. The first-order valence-electron chi connectivity index (χ1n) is 4.37. The van der Waals surface area contributed by atoms with E-state index in [-0.39, 0.29) is 6.54 Å². The average molecular weight is 223 g/mol. The minimum absolute atomic E-state index is 0.122. The Hall–Kier alpha value is -1.01. The first-order valence-corrected chi connectivity index (χ1v) is 4.37. The van der Waals surface area contributed by atoms with Gasteiger partial charge in [-0.25, -0.2) is 13.6 Å². The van der Waals surface area contributed by atoms with Crippen LogP contribution in [0.4, 0.5) is 8.78 Å². The molecule has 88 valence electrons. The van der Waals surface area contributed by atoms with E-state index in [1.54, 1.807) is 0 Å². The highest BCUT2D eigenvalue weighted by Crippen LogP contribution is 2.09. The Bertz CT molecular complexity index is 242. The highest BCUT2D eigenvalue weighted by atomic mass is 19.3. The maximum atomic E-state index is 12.5. The van der Waals surface area contributed by atoms with Crippen LogP contribution in [0.25, 0.3) is 0 Å². The van der Waals surface area contributed by atoms with Gasteiger partial charge in [0, 0.05) is 12.1 Å². The van der Waals surface area contributed by atoms with Crippen LogP contribution in [0, 0.1) is 0 Å². The van der Waals surface area contributed by atoms with E-state index in [1.165, 1.54) is 20.1 Å². The molecule has 0 spiro atoms. The van der Waals surface area contributed by atoms with Gasteiger partial charge in [0.2, 0.25) is 0 Å². The smallest absolute Gasteiger partial charge is 0.333 e. The monoisotopic (exact) mass is 223 g/mol. The number of hydrogen-bond donors (Lipinski definition) is 2. The lowest BCUT2D eigenvalue weighted by atomic mass is 10.3. The molecule has 0 aromatic heterocycles. The van der Waals surface area contributed by atoms with Crippen molar-refractivity contribution in [1.29, 1.82) is 0 Å². The van der Waals surface area contributed by atoms with Crippen LogP contribution in [0.2, 0.25) is 0 Å². The number of carbonyl (C=O) groups excluding carboxylic acids is 1. The van der Waals surface area contributed by atoms with Crippen molar-refractivity contribution in [1.82, 2.24) is 5.32 Å². The molecule has 0 rings (SSSR count). The Labute approximate surface area is 86.9 Å². The standard InChI is InChI=1S/C9H15F2NO3/c1-7(8(14)15-2)3-4-12-5-9(10,11)6-13/h3,12-13H,4-6H2,1-2H3. The molecule has 15 heavy (non-hydrogen) atoms.